The maximum absolute atomic E-state index is 14.2. The van der Waals surface area contributed by atoms with E-state index in [2.05, 4.69) is 37.0 Å². The number of hydrogen-bond donors (Lipinski definition) is 1. The van der Waals surface area contributed by atoms with E-state index < -0.39 is 0 Å². The van der Waals surface area contributed by atoms with Gasteiger partial charge >= 0.3 is 0 Å². The molecule has 1 aliphatic rings. The standard InChI is InChI=1S/C27H26FN7O/c1-16-30-23-11-18(13-29-26(23)31-16)17-4-7-24-19(10-17)14-35(8-9-36-24)27-21-12-20(28)5-6-22(21)32-25(33-27)15-34(2)3/h4-7,10-13H,8-9,14-15H2,1-3H3,(H,29,30,31). The van der Waals surface area contributed by atoms with E-state index in [4.69, 9.17) is 9.72 Å². The van der Waals surface area contributed by atoms with Crippen molar-refractivity contribution in [2.75, 3.05) is 32.1 Å². The quantitative estimate of drug-likeness (QED) is 0.404. The summed E-state index contributed by atoms with van der Waals surface area (Å²) in [6, 6.07) is 12.9. The van der Waals surface area contributed by atoms with E-state index in [1.807, 2.05) is 44.2 Å². The van der Waals surface area contributed by atoms with Gasteiger partial charge in [0.2, 0.25) is 0 Å². The van der Waals surface area contributed by atoms with Crippen molar-refractivity contribution >= 4 is 27.9 Å². The fourth-order valence-electron chi connectivity index (χ4n) is 4.66. The highest BCUT2D eigenvalue weighted by atomic mass is 19.1. The van der Waals surface area contributed by atoms with Crippen LogP contribution < -0.4 is 9.64 Å². The predicted octanol–water partition coefficient (Wildman–Crippen LogP) is 4.48. The van der Waals surface area contributed by atoms with Crippen molar-refractivity contribution in [2.24, 2.45) is 0 Å². The summed E-state index contributed by atoms with van der Waals surface area (Å²) in [5, 5.41) is 0.696. The number of pyridine rings is 1. The second-order valence-corrected chi connectivity index (χ2v) is 9.37. The van der Waals surface area contributed by atoms with Crippen LogP contribution in [0.5, 0.6) is 5.75 Å². The van der Waals surface area contributed by atoms with Crippen LogP contribution in [0.15, 0.2) is 48.7 Å². The van der Waals surface area contributed by atoms with Crippen LogP contribution in [0.4, 0.5) is 10.2 Å². The van der Waals surface area contributed by atoms with Crippen LogP contribution in [0.25, 0.3) is 33.2 Å². The van der Waals surface area contributed by atoms with E-state index in [9.17, 15) is 4.39 Å². The Morgan fingerprint density at radius 3 is 2.81 bits per heavy atom. The molecule has 1 N–H and O–H groups in total. The number of nitrogens with zero attached hydrogens (tertiary/aromatic N) is 6. The van der Waals surface area contributed by atoms with Gasteiger partial charge in [-0.05, 0) is 63.0 Å². The topological polar surface area (TPSA) is 83.1 Å². The first-order valence-electron chi connectivity index (χ1n) is 11.9. The Balaban J connectivity index is 1.41. The Morgan fingerprint density at radius 2 is 1.94 bits per heavy atom. The summed E-state index contributed by atoms with van der Waals surface area (Å²) < 4.78 is 20.3. The molecule has 5 aromatic rings. The Labute approximate surface area is 207 Å². The molecule has 1 aliphatic heterocycles. The molecule has 0 atom stereocenters. The number of imidazole rings is 1. The number of aromatic amines is 1. The fourth-order valence-corrected chi connectivity index (χ4v) is 4.66. The summed E-state index contributed by atoms with van der Waals surface area (Å²) in [6.07, 6.45) is 1.84. The van der Waals surface area contributed by atoms with E-state index in [1.165, 1.54) is 12.1 Å². The maximum atomic E-state index is 14.2. The normalized spacial score (nSPS) is 13.8. The summed E-state index contributed by atoms with van der Waals surface area (Å²) >= 11 is 0. The molecule has 0 radical (unpaired) electrons. The van der Waals surface area contributed by atoms with Crippen LogP contribution in [0.3, 0.4) is 0 Å². The third-order valence-corrected chi connectivity index (χ3v) is 6.27. The molecule has 4 heterocycles. The number of hydrogen-bond acceptors (Lipinski definition) is 7. The predicted molar refractivity (Wildman–Crippen MR) is 137 cm³/mol. The fraction of sp³-hybridized carbons (Fsp3) is 0.259. The molecule has 0 amide bonds. The summed E-state index contributed by atoms with van der Waals surface area (Å²) in [5.74, 6) is 2.78. The summed E-state index contributed by atoms with van der Waals surface area (Å²) in [5.41, 5.74) is 5.40. The number of halogens is 1. The minimum Gasteiger partial charge on any atom is -0.491 e. The molecule has 0 aliphatic carbocycles. The number of ether oxygens (including phenoxy) is 1. The molecule has 0 spiro atoms. The SMILES string of the molecule is Cc1nc2ncc(-c3ccc4c(c3)CN(c3nc(CN(C)C)nc5ccc(F)cc35)CCO4)cc2[nH]1. The largest absolute Gasteiger partial charge is 0.491 e. The van der Waals surface area contributed by atoms with Crippen molar-refractivity contribution in [3.63, 3.8) is 0 Å². The molecule has 0 fully saturated rings. The van der Waals surface area contributed by atoms with Crippen LogP contribution in [-0.4, -0.2) is 57.1 Å². The monoisotopic (exact) mass is 483 g/mol. The lowest BCUT2D eigenvalue weighted by Gasteiger charge is -2.23. The lowest BCUT2D eigenvalue weighted by Crippen LogP contribution is -2.27. The molecule has 3 aromatic heterocycles. The number of anilines is 1. The van der Waals surface area contributed by atoms with Gasteiger partial charge < -0.3 is 19.5 Å². The summed E-state index contributed by atoms with van der Waals surface area (Å²) in [6.45, 7) is 4.20. The van der Waals surface area contributed by atoms with Crippen molar-refractivity contribution < 1.29 is 9.13 Å². The number of benzene rings is 2. The van der Waals surface area contributed by atoms with Crippen molar-refractivity contribution in [1.82, 2.24) is 29.8 Å². The number of fused-ring (bicyclic) bond motifs is 3. The van der Waals surface area contributed by atoms with Gasteiger partial charge in [0, 0.05) is 29.3 Å². The zero-order valence-electron chi connectivity index (χ0n) is 20.4. The second-order valence-electron chi connectivity index (χ2n) is 9.37. The Kier molecular flexibility index (Phi) is 5.49. The lowest BCUT2D eigenvalue weighted by atomic mass is 10.0. The number of aryl methyl sites for hydroxylation is 1. The van der Waals surface area contributed by atoms with Gasteiger partial charge in [0.15, 0.2) is 5.65 Å². The van der Waals surface area contributed by atoms with Gasteiger partial charge in [0.1, 0.15) is 35.6 Å². The van der Waals surface area contributed by atoms with Gasteiger partial charge in [-0.3, -0.25) is 0 Å². The molecule has 9 heteroatoms. The molecule has 0 bridgehead atoms. The molecular formula is C27H26FN7O. The molecule has 0 saturated carbocycles. The Hall–Kier alpha value is -4.11. The van der Waals surface area contributed by atoms with Gasteiger partial charge in [-0.2, -0.15) is 0 Å². The highest BCUT2D eigenvalue weighted by Gasteiger charge is 2.21. The molecular weight excluding hydrogens is 457 g/mol. The molecule has 2 aromatic carbocycles. The lowest BCUT2D eigenvalue weighted by molar-refractivity contribution is 0.331. The van der Waals surface area contributed by atoms with Crippen molar-refractivity contribution in [2.45, 2.75) is 20.0 Å². The van der Waals surface area contributed by atoms with Gasteiger partial charge in [-0.15, -0.1) is 0 Å². The average Bonchev–Trinajstić information content (AvgIpc) is 3.09. The first-order valence-corrected chi connectivity index (χ1v) is 11.9. The van der Waals surface area contributed by atoms with Gasteiger partial charge in [-0.25, -0.2) is 24.3 Å². The average molecular weight is 484 g/mol. The minimum atomic E-state index is -0.307. The molecule has 0 saturated heterocycles. The van der Waals surface area contributed by atoms with Crippen LogP contribution in [0.1, 0.15) is 17.2 Å². The van der Waals surface area contributed by atoms with Crippen molar-refractivity contribution in [1.29, 1.82) is 0 Å². The van der Waals surface area contributed by atoms with Gasteiger partial charge in [-0.1, -0.05) is 6.07 Å². The van der Waals surface area contributed by atoms with Crippen molar-refractivity contribution in [3.05, 3.63) is 71.7 Å². The highest BCUT2D eigenvalue weighted by molar-refractivity contribution is 5.89. The second kappa shape index (κ2) is 8.83. The highest BCUT2D eigenvalue weighted by Crippen LogP contribution is 2.33. The molecule has 6 rings (SSSR count). The van der Waals surface area contributed by atoms with E-state index >= 15 is 0 Å². The smallest absolute Gasteiger partial charge is 0.177 e. The van der Waals surface area contributed by atoms with E-state index in [1.54, 1.807) is 6.07 Å². The third-order valence-electron chi connectivity index (χ3n) is 6.27. The first-order chi connectivity index (χ1) is 17.4. The number of nitrogens with one attached hydrogen (secondary N) is 1. The third kappa shape index (κ3) is 4.22. The van der Waals surface area contributed by atoms with Gasteiger partial charge in [0.25, 0.3) is 0 Å². The summed E-state index contributed by atoms with van der Waals surface area (Å²) in [4.78, 5) is 25.9. The van der Waals surface area contributed by atoms with E-state index in [0.29, 0.717) is 48.9 Å². The zero-order valence-corrected chi connectivity index (χ0v) is 20.4. The van der Waals surface area contributed by atoms with Crippen LogP contribution in [-0.2, 0) is 13.1 Å². The van der Waals surface area contributed by atoms with Crippen molar-refractivity contribution in [3.8, 4) is 16.9 Å². The molecule has 36 heavy (non-hydrogen) atoms. The van der Waals surface area contributed by atoms with Crippen LogP contribution in [0, 0.1) is 12.7 Å². The Morgan fingerprint density at radius 1 is 1.06 bits per heavy atom. The molecule has 0 unspecified atom stereocenters. The Bertz CT molecular complexity index is 1600. The van der Waals surface area contributed by atoms with Crippen LogP contribution in [0.2, 0.25) is 0 Å². The zero-order chi connectivity index (χ0) is 24.8. The van der Waals surface area contributed by atoms with E-state index in [-0.39, 0.29) is 5.82 Å². The van der Waals surface area contributed by atoms with Crippen LogP contribution >= 0.6 is 0 Å². The minimum absolute atomic E-state index is 0.307. The molecule has 8 nitrogen and oxygen atoms in total. The van der Waals surface area contributed by atoms with E-state index in [0.717, 1.165) is 39.3 Å². The number of H-pyrrole nitrogens is 1. The maximum Gasteiger partial charge on any atom is 0.177 e. The first kappa shape index (κ1) is 22.4. The molecule has 182 valence electrons. The summed E-state index contributed by atoms with van der Waals surface area (Å²) in [7, 11) is 3.96. The van der Waals surface area contributed by atoms with Gasteiger partial charge in [0.05, 0.1) is 24.1 Å². The number of rotatable bonds is 4. The number of aromatic nitrogens is 5.